The zero-order chi connectivity index (χ0) is 8.85. The van der Waals surface area contributed by atoms with Gasteiger partial charge in [-0.2, -0.15) is 0 Å². The fourth-order valence-electron chi connectivity index (χ4n) is 0.699. The van der Waals surface area contributed by atoms with E-state index in [0.717, 1.165) is 6.42 Å². The van der Waals surface area contributed by atoms with Crippen molar-refractivity contribution in [2.24, 2.45) is 0 Å². The van der Waals surface area contributed by atoms with Crippen molar-refractivity contribution in [3.05, 3.63) is 10.1 Å². The summed E-state index contributed by atoms with van der Waals surface area (Å²) in [5.41, 5.74) is 0. The molecule has 0 aromatic rings. The maximum atomic E-state index is 10.4. The Balaban J connectivity index is 3.90. The van der Waals surface area contributed by atoms with Crippen LogP contribution in [0.15, 0.2) is 0 Å². The van der Waals surface area contributed by atoms with Crippen LogP contribution in [-0.4, -0.2) is 16.2 Å². The first kappa shape index (κ1) is 10.4. The molecule has 0 aliphatic heterocycles. The second-order valence-corrected chi connectivity index (χ2v) is 2.62. The van der Waals surface area contributed by atoms with Crippen LogP contribution in [0.5, 0.6) is 0 Å². The Bertz CT molecular complexity index is 146. The predicted molar refractivity (Wildman–Crippen MR) is 41.2 cm³/mol. The van der Waals surface area contributed by atoms with Gasteiger partial charge in [-0.05, 0) is 18.0 Å². The van der Waals surface area contributed by atoms with E-state index in [1.165, 1.54) is 0 Å². The monoisotopic (exact) mass is 179 g/mol. The lowest BCUT2D eigenvalue weighted by Crippen LogP contribution is -2.25. The fourth-order valence-corrected chi connectivity index (χ4v) is 0.888. The average Bonchev–Trinajstić information content (AvgIpc) is 1.87. The molecule has 0 spiro atoms. The normalized spacial score (nSPS) is 12.5. The average molecular weight is 180 g/mol. The highest BCUT2D eigenvalue weighted by Crippen LogP contribution is 2.06. The topological polar surface area (TPSA) is 60.2 Å². The summed E-state index contributed by atoms with van der Waals surface area (Å²) in [5.74, 6) is 0. The van der Waals surface area contributed by atoms with Crippen LogP contribution in [0.25, 0.3) is 0 Å². The molecule has 11 heavy (non-hydrogen) atoms. The van der Waals surface area contributed by atoms with Crippen molar-refractivity contribution >= 4 is 16.8 Å². The van der Waals surface area contributed by atoms with E-state index < -0.39 is 16.2 Å². The number of unbranched alkanes of at least 4 members (excludes halogenated alkanes) is 1. The van der Waals surface area contributed by atoms with Crippen molar-refractivity contribution in [2.45, 2.75) is 32.2 Å². The van der Waals surface area contributed by atoms with Gasteiger partial charge in [-0.1, -0.05) is 13.3 Å². The number of carbonyl (C=O) groups is 1. The molecule has 0 bridgehead atoms. The number of nitro groups is 1. The van der Waals surface area contributed by atoms with Gasteiger partial charge in [0.25, 0.3) is 11.3 Å². The Morgan fingerprint density at radius 1 is 1.73 bits per heavy atom. The molecule has 1 unspecified atom stereocenters. The van der Waals surface area contributed by atoms with Crippen LogP contribution < -0.4 is 0 Å². The lowest BCUT2D eigenvalue weighted by Gasteiger charge is -2.01. The molecule has 64 valence electrons. The van der Waals surface area contributed by atoms with Gasteiger partial charge < -0.3 is 0 Å². The van der Waals surface area contributed by atoms with E-state index in [0.29, 0.717) is 6.42 Å². The number of carbonyl (C=O) groups excluding carboxylic acids is 1. The highest BCUT2D eigenvalue weighted by atomic mass is 35.5. The molecule has 0 aromatic heterocycles. The lowest BCUT2D eigenvalue weighted by molar-refractivity contribution is -0.507. The van der Waals surface area contributed by atoms with Crippen molar-refractivity contribution in [1.82, 2.24) is 0 Å². The minimum Gasteiger partial charge on any atom is -0.273 e. The molecule has 0 N–H and O–H groups in total. The SMILES string of the molecule is CCCCC(C(=O)Cl)[N+](=O)[O-]. The second kappa shape index (κ2) is 5.07. The van der Waals surface area contributed by atoms with Gasteiger partial charge in [0.15, 0.2) is 0 Å². The number of nitrogens with zero attached hydrogens (tertiary/aromatic N) is 1. The third kappa shape index (κ3) is 3.93. The van der Waals surface area contributed by atoms with Gasteiger partial charge in [-0.3, -0.25) is 14.9 Å². The summed E-state index contributed by atoms with van der Waals surface area (Å²) in [6, 6.07) is -1.21. The minimum absolute atomic E-state index is 0.242. The zero-order valence-electron chi connectivity index (χ0n) is 6.25. The Kier molecular flexibility index (Phi) is 4.77. The summed E-state index contributed by atoms with van der Waals surface area (Å²) in [6.45, 7) is 1.90. The van der Waals surface area contributed by atoms with Gasteiger partial charge in [0.2, 0.25) is 0 Å². The smallest absolute Gasteiger partial charge is 0.273 e. The summed E-state index contributed by atoms with van der Waals surface area (Å²) in [4.78, 5) is 19.9. The number of halogens is 1. The van der Waals surface area contributed by atoms with E-state index in [2.05, 4.69) is 0 Å². The highest BCUT2D eigenvalue weighted by molar-refractivity contribution is 6.64. The van der Waals surface area contributed by atoms with Crippen LogP contribution >= 0.6 is 11.6 Å². The largest absolute Gasteiger partial charge is 0.295 e. The van der Waals surface area contributed by atoms with Gasteiger partial charge in [-0.25, -0.2) is 0 Å². The first-order valence-electron chi connectivity index (χ1n) is 3.42. The highest BCUT2D eigenvalue weighted by Gasteiger charge is 2.26. The van der Waals surface area contributed by atoms with Crippen LogP contribution in [0.2, 0.25) is 0 Å². The molecule has 0 fully saturated rings. The van der Waals surface area contributed by atoms with Crippen LogP contribution in [0.3, 0.4) is 0 Å². The van der Waals surface area contributed by atoms with E-state index in [9.17, 15) is 14.9 Å². The van der Waals surface area contributed by atoms with Crippen LogP contribution in [0.4, 0.5) is 0 Å². The Hall–Kier alpha value is -0.640. The van der Waals surface area contributed by atoms with E-state index in [4.69, 9.17) is 11.6 Å². The Morgan fingerprint density at radius 2 is 2.27 bits per heavy atom. The number of hydrogen-bond donors (Lipinski definition) is 0. The molecule has 0 saturated heterocycles. The molecular weight excluding hydrogens is 170 g/mol. The summed E-state index contributed by atoms with van der Waals surface area (Å²) < 4.78 is 0. The van der Waals surface area contributed by atoms with Crippen molar-refractivity contribution in [3.63, 3.8) is 0 Å². The maximum Gasteiger partial charge on any atom is 0.295 e. The molecule has 0 aliphatic carbocycles. The van der Waals surface area contributed by atoms with Gasteiger partial charge >= 0.3 is 0 Å². The molecule has 1 atom stereocenters. The summed E-state index contributed by atoms with van der Waals surface area (Å²) in [7, 11) is 0. The Morgan fingerprint density at radius 3 is 2.55 bits per heavy atom. The van der Waals surface area contributed by atoms with Crippen LogP contribution in [-0.2, 0) is 4.79 Å². The van der Waals surface area contributed by atoms with Crippen molar-refractivity contribution < 1.29 is 9.72 Å². The summed E-state index contributed by atoms with van der Waals surface area (Å²) >= 11 is 4.99. The van der Waals surface area contributed by atoms with E-state index >= 15 is 0 Å². The molecule has 4 nitrogen and oxygen atoms in total. The van der Waals surface area contributed by atoms with Crippen molar-refractivity contribution in [1.29, 1.82) is 0 Å². The molecule has 0 aliphatic rings. The molecule has 0 radical (unpaired) electrons. The van der Waals surface area contributed by atoms with Crippen molar-refractivity contribution in [3.8, 4) is 0 Å². The van der Waals surface area contributed by atoms with Crippen LogP contribution in [0, 0.1) is 10.1 Å². The molecule has 0 saturated carbocycles. The number of rotatable bonds is 5. The molecule has 0 heterocycles. The van der Waals surface area contributed by atoms with Gasteiger partial charge in [0, 0.05) is 11.3 Å². The standard InChI is InChI=1S/C6H10ClNO3/c1-2-3-4-5(6(7)9)8(10)11/h5H,2-4H2,1H3. The second-order valence-electron chi connectivity index (χ2n) is 2.25. The quantitative estimate of drug-likeness (QED) is 0.366. The van der Waals surface area contributed by atoms with E-state index in [1.807, 2.05) is 6.92 Å². The zero-order valence-corrected chi connectivity index (χ0v) is 7.00. The van der Waals surface area contributed by atoms with Crippen molar-refractivity contribution in [2.75, 3.05) is 0 Å². The predicted octanol–water partition coefficient (Wildman–Crippen LogP) is 1.59. The van der Waals surface area contributed by atoms with E-state index in [1.54, 1.807) is 0 Å². The first-order valence-corrected chi connectivity index (χ1v) is 3.80. The minimum atomic E-state index is -1.21. The van der Waals surface area contributed by atoms with E-state index in [-0.39, 0.29) is 6.42 Å². The summed E-state index contributed by atoms with van der Waals surface area (Å²) in [6.07, 6.45) is 1.73. The third-order valence-corrected chi connectivity index (χ3v) is 1.60. The summed E-state index contributed by atoms with van der Waals surface area (Å²) in [5, 5.41) is 9.28. The molecule has 0 aromatic carbocycles. The lowest BCUT2D eigenvalue weighted by atomic mass is 10.1. The third-order valence-electron chi connectivity index (χ3n) is 1.35. The van der Waals surface area contributed by atoms with Crippen LogP contribution in [0.1, 0.15) is 26.2 Å². The van der Waals surface area contributed by atoms with Gasteiger partial charge in [-0.15, -0.1) is 0 Å². The van der Waals surface area contributed by atoms with Gasteiger partial charge in [0.1, 0.15) is 0 Å². The fraction of sp³-hybridized carbons (Fsp3) is 0.833. The number of hydrogen-bond acceptors (Lipinski definition) is 3. The first-order chi connectivity index (χ1) is 5.09. The molecular formula is C6H10ClNO3. The molecule has 0 amide bonds. The Labute approximate surface area is 69.7 Å². The molecule has 5 heteroatoms. The van der Waals surface area contributed by atoms with Gasteiger partial charge in [0.05, 0.1) is 0 Å². The maximum absolute atomic E-state index is 10.4. The molecule has 0 rings (SSSR count).